The maximum Gasteiger partial charge on any atom is 0.274 e. The van der Waals surface area contributed by atoms with Gasteiger partial charge in [-0.2, -0.15) is 0 Å². The first kappa shape index (κ1) is 24.1. The van der Waals surface area contributed by atoms with Crippen LogP contribution in [0.3, 0.4) is 0 Å². The van der Waals surface area contributed by atoms with E-state index in [0.717, 1.165) is 23.0 Å². The molecule has 196 valence electrons. The Kier molecular flexibility index (Phi) is 6.50. The Morgan fingerprint density at radius 3 is 3.05 bits per heavy atom. The lowest BCUT2D eigenvalue weighted by Gasteiger charge is -2.20. The quantitative estimate of drug-likeness (QED) is 0.439. The predicted molar refractivity (Wildman–Crippen MR) is 135 cm³/mol. The molecule has 1 N–H and O–H groups in total. The minimum Gasteiger partial charge on any atom is -0.489 e. The van der Waals surface area contributed by atoms with E-state index in [4.69, 9.17) is 13.9 Å². The average molecular weight is 517 g/mol. The number of amides is 2. The predicted octanol–water partition coefficient (Wildman–Crippen LogP) is 2.14. The van der Waals surface area contributed by atoms with Crippen LogP contribution in [0.5, 0.6) is 5.75 Å². The Morgan fingerprint density at radius 2 is 2.16 bits per heavy atom. The Labute approximate surface area is 218 Å². The topological polar surface area (TPSA) is 125 Å². The van der Waals surface area contributed by atoms with E-state index in [1.807, 2.05) is 12.1 Å². The van der Waals surface area contributed by atoms with Crippen molar-refractivity contribution in [2.75, 3.05) is 19.7 Å². The van der Waals surface area contributed by atoms with Crippen molar-refractivity contribution in [1.29, 1.82) is 0 Å². The molecule has 2 amide bonds. The van der Waals surface area contributed by atoms with E-state index in [1.54, 1.807) is 40.4 Å². The number of rotatable bonds is 3. The van der Waals surface area contributed by atoms with Crippen LogP contribution in [-0.2, 0) is 35.5 Å². The van der Waals surface area contributed by atoms with Gasteiger partial charge in [-0.05, 0) is 36.2 Å². The van der Waals surface area contributed by atoms with E-state index in [2.05, 4.69) is 33.6 Å². The van der Waals surface area contributed by atoms with Gasteiger partial charge >= 0.3 is 0 Å². The van der Waals surface area contributed by atoms with Gasteiger partial charge in [0.1, 0.15) is 17.9 Å². The zero-order valence-corrected chi connectivity index (χ0v) is 21.0. The molecule has 2 atom stereocenters. The monoisotopic (exact) mass is 516 g/mol. The van der Waals surface area contributed by atoms with Crippen molar-refractivity contribution in [1.82, 2.24) is 30.2 Å². The minimum atomic E-state index is -0.438. The third-order valence-electron chi connectivity index (χ3n) is 7.00. The van der Waals surface area contributed by atoms with Crippen molar-refractivity contribution in [3.8, 4) is 5.75 Å². The molecular weight excluding hydrogens is 488 g/mol. The number of benzene rings is 1. The molecule has 0 aliphatic carbocycles. The van der Waals surface area contributed by atoms with Crippen LogP contribution in [0.15, 0.2) is 53.4 Å². The van der Waals surface area contributed by atoms with Crippen LogP contribution in [-0.4, -0.2) is 68.5 Å². The molecule has 0 radical (unpaired) electrons. The molecule has 0 spiro atoms. The standard InChI is InChI=1S/C27H28N6O5/c1-2-17-5-6-22-20(10-17)18(15-37-22)11-25(34)32-13-21-24(14-32)38-16-19-12-33(31-30-19)8-9-36-23-4-3-7-28-26(23)27(35)29-21/h3-7,10,12,15,21,24H,2,8-9,11,13-14,16H2,1H3,(H,29,35)/t21-,24-/m0/s1. The maximum atomic E-state index is 13.4. The highest BCUT2D eigenvalue weighted by atomic mass is 16.5. The summed E-state index contributed by atoms with van der Waals surface area (Å²) < 4.78 is 19.4. The summed E-state index contributed by atoms with van der Waals surface area (Å²) in [5.74, 6) is -0.0647. The van der Waals surface area contributed by atoms with E-state index in [0.29, 0.717) is 37.7 Å². The summed E-state index contributed by atoms with van der Waals surface area (Å²) in [6, 6.07) is 9.03. The van der Waals surface area contributed by atoms with Gasteiger partial charge < -0.3 is 24.1 Å². The molecule has 6 rings (SSSR count). The number of hydrogen-bond donors (Lipinski definition) is 1. The Bertz CT molecular complexity index is 1480. The summed E-state index contributed by atoms with van der Waals surface area (Å²) in [6.07, 6.45) is 5.67. The molecule has 3 aromatic heterocycles. The lowest BCUT2D eigenvalue weighted by molar-refractivity contribution is -0.130. The molecule has 1 aromatic carbocycles. The van der Waals surface area contributed by atoms with Crippen LogP contribution in [0.2, 0.25) is 0 Å². The first-order chi connectivity index (χ1) is 18.6. The van der Waals surface area contributed by atoms with Crippen LogP contribution in [0, 0.1) is 0 Å². The van der Waals surface area contributed by atoms with Gasteiger partial charge in [0.25, 0.3) is 5.91 Å². The van der Waals surface area contributed by atoms with Crippen molar-refractivity contribution < 1.29 is 23.5 Å². The van der Waals surface area contributed by atoms with Crippen molar-refractivity contribution in [3.05, 3.63) is 71.5 Å². The minimum absolute atomic E-state index is 0.0642. The van der Waals surface area contributed by atoms with Crippen LogP contribution in [0.1, 0.15) is 34.2 Å². The highest BCUT2D eigenvalue weighted by Crippen LogP contribution is 2.25. The van der Waals surface area contributed by atoms with Crippen molar-refractivity contribution >= 4 is 22.8 Å². The SMILES string of the molecule is CCc1ccc2occ(CC(=O)N3C[C@@H]4NC(=O)c5ncccc5OCCn5cc(nn5)CO[C@H]4C3)c2c1. The fourth-order valence-corrected chi connectivity index (χ4v) is 4.92. The number of carbonyl (C=O) groups is 2. The van der Waals surface area contributed by atoms with Gasteiger partial charge in [-0.25, -0.2) is 9.67 Å². The van der Waals surface area contributed by atoms with E-state index in [9.17, 15) is 9.59 Å². The Hall–Kier alpha value is -4.25. The van der Waals surface area contributed by atoms with Crippen LogP contribution in [0.4, 0.5) is 0 Å². The summed E-state index contributed by atoms with van der Waals surface area (Å²) in [6.45, 7) is 3.70. The molecule has 0 saturated carbocycles. The number of ether oxygens (including phenoxy) is 2. The van der Waals surface area contributed by atoms with Crippen LogP contribution >= 0.6 is 0 Å². The van der Waals surface area contributed by atoms with Gasteiger partial charge in [-0.3, -0.25) is 9.59 Å². The van der Waals surface area contributed by atoms with Gasteiger partial charge in [0, 0.05) is 30.2 Å². The number of fused-ring (bicyclic) bond motifs is 5. The number of hydrogen-bond acceptors (Lipinski definition) is 8. The number of likely N-dealkylation sites (tertiary alicyclic amines) is 1. The lowest BCUT2D eigenvalue weighted by atomic mass is 10.1. The third kappa shape index (κ3) is 4.84. The first-order valence-corrected chi connectivity index (χ1v) is 12.7. The molecular formula is C27H28N6O5. The summed E-state index contributed by atoms with van der Waals surface area (Å²) in [5.41, 5.74) is 3.63. The molecule has 4 aromatic rings. The normalized spacial score (nSPS) is 19.8. The highest BCUT2D eigenvalue weighted by molar-refractivity contribution is 5.95. The second-order valence-corrected chi connectivity index (χ2v) is 9.52. The number of pyridine rings is 1. The fourth-order valence-electron chi connectivity index (χ4n) is 4.92. The van der Waals surface area contributed by atoms with Gasteiger partial charge in [-0.15, -0.1) is 5.10 Å². The Morgan fingerprint density at radius 1 is 1.24 bits per heavy atom. The van der Waals surface area contributed by atoms with Crippen molar-refractivity contribution in [2.45, 2.75) is 45.1 Å². The van der Waals surface area contributed by atoms with Crippen molar-refractivity contribution in [3.63, 3.8) is 0 Å². The van der Waals surface area contributed by atoms with Crippen LogP contribution in [0.25, 0.3) is 11.0 Å². The van der Waals surface area contributed by atoms with Gasteiger partial charge in [0.05, 0.1) is 44.2 Å². The summed E-state index contributed by atoms with van der Waals surface area (Å²) in [7, 11) is 0. The average Bonchev–Trinajstić information content (AvgIpc) is 3.66. The molecule has 38 heavy (non-hydrogen) atoms. The number of nitrogens with zero attached hydrogens (tertiary/aromatic N) is 5. The molecule has 1 fully saturated rings. The number of aryl methyl sites for hydroxylation is 1. The van der Waals surface area contributed by atoms with Gasteiger partial charge in [0.2, 0.25) is 5.91 Å². The molecule has 0 unspecified atom stereocenters. The van der Waals surface area contributed by atoms with Gasteiger partial charge in [0.15, 0.2) is 11.4 Å². The third-order valence-corrected chi connectivity index (χ3v) is 7.00. The van der Waals surface area contributed by atoms with E-state index < -0.39 is 12.1 Å². The molecule has 5 heterocycles. The second kappa shape index (κ2) is 10.3. The van der Waals surface area contributed by atoms with Gasteiger partial charge in [-0.1, -0.05) is 18.2 Å². The summed E-state index contributed by atoms with van der Waals surface area (Å²) in [5, 5.41) is 12.3. The smallest absolute Gasteiger partial charge is 0.274 e. The number of nitrogens with one attached hydrogen (secondary N) is 1. The van der Waals surface area contributed by atoms with Crippen LogP contribution < -0.4 is 10.1 Å². The molecule has 11 heteroatoms. The van der Waals surface area contributed by atoms with E-state index in [1.165, 1.54) is 5.56 Å². The number of furan rings is 1. The number of carbonyl (C=O) groups excluding carboxylic acids is 2. The molecule has 11 nitrogen and oxygen atoms in total. The summed E-state index contributed by atoms with van der Waals surface area (Å²) in [4.78, 5) is 32.6. The Balaban J connectivity index is 1.23. The first-order valence-electron chi connectivity index (χ1n) is 12.7. The zero-order chi connectivity index (χ0) is 26.1. The lowest BCUT2D eigenvalue weighted by Crippen LogP contribution is -2.44. The van der Waals surface area contributed by atoms with Crippen molar-refractivity contribution in [2.24, 2.45) is 0 Å². The second-order valence-electron chi connectivity index (χ2n) is 9.52. The highest BCUT2D eigenvalue weighted by Gasteiger charge is 2.38. The number of aromatic nitrogens is 4. The molecule has 2 aliphatic heterocycles. The van der Waals surface area contributed by atoms with E-state index >= 15 is 0 Å². The maximum absolute atomic E-state index is 13.4. The fraction of sp³-hybridized carbons (Fsp3) is 0.370. The zero-order valence-electron chi connectivity index (χ0n) is 21.0. The summed E-state index contributed by atoms with van der Waals surface area (Å²) >= 11 is 0. The largest absolute Gasteiger partial charge is 0.489 e. The molecule has 2 aliphatic rings. The van der Waals surface area contributed by atoms with E-state index in [-0.39, 0.29) is 30.5 Å². The molecule has 1 saturated heterocycles. The molecule has 2 bridgehead atoms.